The maximum absolute atomic E-state index is 12.5. The minimum atomic E-state index is -0.494. The highest BCUT2D eigenvalue weighted by atomic mass is 16.6. The predicted octanol–water partition coefficient (Wildman–Crippen LogP) is 2.21. The predicted molar refractivity (Wildman–Crippen MR) is 82.5 cm³/mol. The Morgan fingerprint density at radius 1 is 1.50 bits per heavy atom. The second-order valence-corrected chi connectivity index (χ2v) is 7.56. The van der Waals surface area contributed by atoms with Crippen LogP contribution in [0.2, 0.25) is 0 Å². The van der Waals surface area contributed by atoms with E-state index in [1.54, 1.807) is 17.3 Å². The maximum Gasteiger partial charge on any atom is 0.410 e. The van der Waals surface area contributed by atoms with Crippen LogP contribution in [0.3, 0.4) is 0 Å². The molecule has 2 heterocycles. The summed E-state index contributed by atoms with van der Waals surface area (Å²) in [5.41, 5.74) is -0.494. The normalized spacial score (nSPS) is 31.4. The fraction of sp³-hybridized carbons (Fsp3) is 0.750. The zero-order chi connectivity index (χ0) is 15.9. The Hall–Kier alpha value is -1.56. The van der Waals surface area contributed by atoms with Crippen LogP contribution in [-0.2, 0) is 4.74 Å². The van der Waals surface area contributed by atoms with Crippen molar-refractivity contribution in [1.29, 1.82) is 0 Å². The fourth-order valence-corrected chi connectivity index (χ4v) is 3.27. The molecule has 1 aromatic heterocycles. The zero-order valence-electron chi connectivity index (χ0n) is 13.5. The number of amides is 1. The number of aromatic amines is 1. The number of imidazole rings is 1. The van der Waals surface area contributed by atoms with Gasteiger partial charge < -0.3 is 14.8 Å². The number of H-pyrrole nitrogens is 1. The molecule has 122 valence electrons. The number of rotatable bonds is 3. The van der Waals surface area contributed by atoms with Gasteiger partial charge in [0.15, 0.2) is 6.10 Å². The summed E-state index contributed by atoms with van der Waals surface area (Å²) < 4.78 is 5.55. The first-order valence-electron chi connectivity index (χ1n) is 8.03. The molecule has 1 saturated heterocycles. The highest BCUT2D eigenvalue weighted by Crippen LogP contribution is 2.43. The number of carbonyl (C=O) groups excluding carboxylic acids is 1. The molecule has 1 saturated carbocycles. The number of nitrogens with one attached hydrogen (secondary N) is 1. The number of aromatic nitrogens is 2. The second-order valence-electron chi connectivity index (χ2n) is 7.56. The molecule has 6 nitrogen and oxygen atoms in total. The molecule has 6 heteroatoms. The van der Waals surface area contributed by atoms with Crippen LogP contribution in [0.5, 0.6) is 0 Å². The van der Waals surface area contributed by atoms with Gasteiger partial charge in [0.25, 0.3) is 0 Å². The average Bonchev–Trinajstić information content (AvgIpc) is 2.86. The van der Waals surface area contributed by atoms with Crippen LogP contribution in [0.25, 0.3) is 0 Å². The van der Waals surface area contributed by atoms with E-state index in [4.69, 9.17) is 9.84 Å². The van der Waals surface area contributed by atoms with E-state index < -0.39 is 5.60 Å². The Kier molecular flexibility index (Phi) is 3.89. The van der Waals surface area contributed by atoms with Crippen LogP contribution in [-0.4, -0.2) is 44.3 Å². The van der Waals surface area contributed by atoms with E-state index in [-0.39, 0.29) is 18.2 Å². The van der Waals surface area contributed by atoms with Gasteiger partial charge in [-0.25, -0.2) is 9.78 Å². The molecule has 2 fully saturated rings. The number of hydrogen-bond donors (Lipinski definition) is 1. The highest BCUT2D eigenvalue weighted by molar-refractivity contribution is 5.69. The van der Waals surface area contributed by atoms with Crippen LogP contribution in [0.15, 0.2) is 12.4 Å². The summed E-state index contributed by atoms with van der Waals surface area (Å²) in [5, 5.41) is 7.73. The van der Waals surface area contributed by atoms with Gasteiger partial charge in [-0.15, -0.1) is 0 Å². The van der Waals surface area contributed by atoms with Gasteiger partial charge in [-0.1, -0.05) is 0 Å². The number of likely N-dealkylation sites (tertiary alicyclic amines) is 1. The lowest BCUT2D eigenvalue weighted by Crippen LogP contribution is -2.37. The quantitative estimate of drug-likeness (QED) is 0.869. The molecule has 0 aromatic carbocycles. The van der Waals surface area contributed by atoms with Crippen molar-refractivity contribution in [3.8, 4) is 0 Å². The third kappa shape index (κ3) is 3.43. The molecular weight excluding hydrogens is 282 g/mol. The minimum absolute atomic E-state index is 0.0437. The van der Waals surface area contributed by atoms with Crippen LogP contribution in [0, 0.1) is 11.8 Å². The molecule has 4 atom stereocenters. The summed E-state index contributed by atoms with van der Waals surface area (Å²) in [6.07, 6.45) is 6.29. The van der Waals surface area contributed by atoms with Crippen molar-refractivity contribution in [2.75, 3.05) is 6.54 Å². The number of ether oxygens (including phenoxy) is 1. The summed E-state index contributed by atoms with van der Waals surface area (Å²) >= 11 is 0. The molecule has 1 aliphatic carbocycles. The van der Waals surface area contributed by atoms with E-state index in [2.05, 4.69) is 9.97 Å². The van der Waals surface area contributed by atoms with E-state index in [1.165, 1.54) is 0 Å². The number of hydrogen-bond acceptors (Lipinski definition) is 3. The molecule has 0 radical (unpaired) electrons. The van der Waals surface area contributed by atoms with Crippen molar-refractivity contribution in [2.24, 2.45) is 11.8 Å². The molecule has 3 N–H and O–H groups in total. The summed E-state index contributed by atoms with van der Waals surface area (Å²) in [6.45, 7) is 6.35. The largest absolute Gasteiger partial charge is 0.444 e. The summed E-state index contributed by atoms with van der Waals surface area (Å²) in [6, 6.07) is -0.0437. The van der Waals surface area contributed by atoms with Gasteiger partial charge in [0.1, 0.15) is 11.4 Å². The molecule has 3 rings (SSSR count). The average molecular weight is 308 g/mol. The zero-order valence-corrected chi connectivity index (χ0v) is 13.5. The second kappa shape index (κ2) is 5.57. The van der Waals surface area contributed by atoms with Gasteiger partial charge in [0.05, 0.1) is 6.04 Å². The molecule has 0 spiro atoms. The Balaban J connectivity index is 1.71. The summed E-state index contributed by atoms with van der Waals surface area (Å²) in [5.74, 6) is 1.77. The first-order valence-corrected chi connectivity index (χ1v) is 8.03. The van der Waals surface area contributed by atoms with Crippen LogP contribution in [0.4, 0.5) is 4.79 Å². The van der Waals surface area contributed by atoms with Crippen LogP contribution in [0.1, 0.15) is 51.9 Å². The lowest BCUT2D eigenvalue weighted by molar-refractivity contribution is 0.0213. The van der Waals surface area contributed by atoms with Crippen LogP contribution >= 0.6 is 0 Å². The molecule has 3 unspecified atom stereocenters. The Labute approximate surface area is 130 Å². The van der Waals surface area contributed by atoms with Gasteiger partial charge in [-0.3, -0.25) is 4.90 Å². The SMILES string of the molecule is CC(C)(C)OC(=O)N1CC(CC2CC2[OH2+])C[C@H]1c1ncc[nH]1. The van der Waals surface area contributed by atoms with E-state index in [0.717, 1.165) is 25.1 Å². The lowest BCUT2D eigenvalue weighted by atomic mass is 9.99. The molecule has 1 amide bonds. The minimum Gasteiger partial charge on any atom is -0.444 e. The molecule has 0 bridgehead atoms. The first kappa shape index (κ1) is 15.3. The fourth-order valence-electron chi connectivity index (χ4n) is 3.27. The molecule has 2 aliphatic rings. The molecule has 1 aromatic rings. The first-order chi connectivity index (χ1) is 10.3. The Bertz CT molecular complexity index is 523. The van der Waals surface area contributed by atoms with Gasteiger partial charge >= 0.3 is 6.09 Å². The van der Waals surface area contributed by atoms with Crippen molar-refractivity contribution in [3.05, 3.63) is 18.2 Å². The Morgan fingerprint density at radius 3 is 2.77 bits per heavy atom. The van der Waals surface area contributed by atoms with E-state index in [1.807, 2.05) is 20.8 Å². The molecule has 22 heavy (non-hydrogen) atoms. The van der Waals surface area contributed by atoms with Crippen LogP contribution < -0.4 is 0 Å². The van der Waals surface area contributed by atoms with Gasteiger partial charge in [0.2, 0.25) is 0 Å². The Morgan fingerprint density at radius 2 is 2.23 bits per heavy atom. The van der Waals surface area contributed by atoms with Crippen molar-refractivity contribution < 1.29 is 14.6 Å². The molecule has 1 aliphatic heterocycles. The topological polar surface area (TPSA) is 81.1 Å². The van der Waals surface area contributed by atoms with E-state index >= 15 is 0 Å². The summed E-state index contributed by atoms with van der Waals surface area (Å²) in [7, 11) is 0. The lowest BCUT2D eigenvalue weighted by Gasteiger charge is -2.27. The van der Waals surface area contributed by atoms with Gasteiger partial charge in [-0.2, -0.15) is 0 Å². The van der Waals surface area contributed by atoms with Crippen molar-refractivity contribution in [3.63, 3.8) is 0 Å². The highest BCUT2D eigenvalue weighted by Gasteiger charge is 2.46. The van der Waals surface area contributed by atoms with E-state index in [9.17, 15) is 4.79 Å². The number of nitrogens with zero attached hydrogens (tertiary/aromatic N) is 2. The van der Waals surface area contributed by atoms with Crippen molar-refractivity contribution in [2.45, 2.75) is 57.8 Å². The monoisotopic (exact) mass is 308 g/mol. The smallest absolute Gasteiger partial charge is 0.410 e. The maximum atomic E-state index is 12.5. The number of carbonyl (C=O) groups is 1. The van der Waals surface area contributed by atoms with Crippen molar-refractivity contribution in [1.82, 2.24) is 14.9 Å². The van der Waals surface area contributed by atoms with Gasteiger partial charge in [0, 0.05) is 31.3 Å². The third-order valence-corrected chi connectivity index (χ3v) is 4.41. The van der Waals surface area contributed by atoms with Crippen molar-refractivity contribution >= 4 is 6.09 Å². The standard InChI is InChI=1S/C16H25N3O3/c1-16(2,3)22-15(21)19-9-10(6-11-8-13(11)20)7-12(19)14-17-4-5-18-14/h4-5,10-13,20H,6-9H2,1-3H3,(H,17,18)/p+1/t10?,11?,12-,13?/m0/s1. The summed E-state index contributed by atoms with van der Waals surface area (Å²) in [4.78, 5) is 21.8. The van der Waals surface area contributed by atoms with E-state index in [0.29, 0.717) is 18.4 Å². The van der Waals surface area contributed by atoms with Gasteiger partial charge in [-0.05, 0) is 39.5 Å². The third-order valence-electron chi connectivity index (χ3n) is 4.41. The molecular formula is C16H26N3O3+.